The van der Waals surface area contributed by atoms with Crippen molar-refractivity contribution in [3.05, 3.63) is 33.9 Å². The van der Waals surface area contributed by atoms with Crippen LogP contribution in [0, 0.1) is 10.1 Å². The Balaban J connectivity index is 2.97. The number of alkyl halides is 3. The zero-order chi connectivity index (χ0) is 15.3. The predicted molar refractivity (Wildman–Crippen MR) is 60.2 cm³/mol. The lowest BCUT2D eigenvalue weighted by molar-refractivity contribution is -0.386. The molecular formula is C11H10F3NO5. The number of rotatable bonds is 5. The van der Waals surface area contributed by atoms with Gasteiger partial charge in [-0.2, -0.15) is 13.2 Å². The number of benzene rings is 1. The highest BCUT2D eigenvalue weighted by atomic mass is 19.4. The van der Waals surface area contributed by atoms with Crippen LogP contribution in [-0.2, 0) is 15.7 Å². The number of nitro benzene ring substituents is 1. The predicted octanol–water partition coefficient (Wildman–Crippen LogP) is 2.56. The molecule has 20 heavy (non-hydrogen) atoms. The molecule has 0 amide bonds. The van der Waals surface area contributed by atoms with E-state index in [0.29, 0.717) is 12.1 Å². The Hall–Kier alpha value is -2.32. The van der Waals surface area contributed by atoms with Gasteiger partial charge in [-0.15, -0.1) is 0 Å². The van der Waals surface area contributed by atoms with E-state index in [1.165, 1.54) is 0 Å². The van der Waals surface area contributed by atoms with Gasteiger partial charge in [0, 0.05) is 6.07 Å². The highest BCUT2D eigenvalue weighted by Gasteiger charge is 2.33. The van der Waals surface area contributed by atoms with Crippen molar-refractivity contribution in [2.24, 2.45) is 0 Å². The van der Waals surface area contributed by atoms with Crippen molar-refractivity contribution in [1.82, 2.24) is 0 Å². The number of nitrogens with zero attached hydrogens (tertiary/aromatic N) is 1. The van der Waals surface area contributed by atoms with Gasteiger partial charge in [-0.05, 0) is 19.1 Å². The first kappa shape index (κ1) is 15.7. The summed E-state index contributed by atoms with van der Waals surface area (Å²) in [6.45, 7) is 1.02. The molecule has 0 aliphatic rings. The van der Waals surface area contributed by atoms with E-state index in [-0.39, 0.29) is 6.61 Å². The van der Waals surface area contributed by atoms with Crippen LogP contribution in [0.1, 0.15) is 12.5 Å². The fraction of sp³-hybridized carbons (Fsp3) is 0.364. The van der Waals surface area contributed by atoms with E-state index in [1.54, 1.807) is 6.92 Å². The first-order valence-corrected chi connectivity index (χ1v) is 5.39. The second-order valence-electron chi connectivity index (χ2n) is 3.53. The number of carbonyl (C=O) groups is 1. The molecule has 0 fully saturated rings. The van der Waals surface area contributed by atoms with Gasteiger partial charge in [0.25, 0.3) is 0 Å². The zero-order valence-corrected chi connectivity index (χ0v) is 10.3. The molecule has 0 N–H and O–H groups in total. The number of hydrogen-bond acceptors (Lipinski definition) is 5. The van der Waals surface area contributed by atoms with Crippen molar-refractivity contribution in [3.8, 4) is 5.75 Å². The molecule has 0 atom stereocenters. The van der Waals surface area contributed by atoms with Crippen molar-refractivity contribution in [1.29, 1.82) is 0 Å². The number of ether oxygens (including phenoxy) is 2. The van der Waals surface area contributed by atoms with Crippen LogP contribution in [-0.4, -0.2) is 24.1 Å². The Kier molecular flexibility index (Phi) is 4.89. The SMILES string of the molecule is CCOC(=O)COc1ccc(C(F)(F)F)cc1[N+](=O)[O-]. The number of halogens is 3. The summed E-state index contributed by atoms with van der Waals surface area (Å²) in [7, 11) is 0. The number of esters is 1. The summed E-state index contributed by atoms with van der Waals surface area (Å²) < 4.78 is 46.6. The summed E-state index contributed by atoms with van der Waals surface area (Å²) >= 11 is 0. The lowest BCUT2D eigenvalue weighted by Crippen LogP contribution is -2.15. The maximum absolute atomic E-state index is 12.4. The molecule has 0 aliphatic carbocycles. The summed E-state index contributed by atoms with van der Waals surface area (Å²) in [5, 5.41) is 10.7. The third-order valence-corrected chi connectivity index (χ3v) is 2.13. The van der Waals surface area contributed by atoms with Crippen molar-refractivity contribution in [2.75, 3.05) is 13.2 Å². The van der Waals surface area contributed by atoms with Crippen LogP contribution < -0.4 is 4.74 Å². The van der Waals surface area contributed by atoms with E-state index in [2.05, 4.69) is 4.74 Å². The molecule has 0 radical (unpaired) electrons. The third-order valence-electron chi connectivity index (χ3n) is 2.13. The van der Waals surface area contributed by atoms with Crippen molar-refractivity contribution < 1.29 is 32.4 Å². The molecule has 9 heteroatoms. The molecule has 0 spiro atoms. The van der Waals surface area contributed by atoms with Gasteiger partial charge in [0.15, 0.2) is 12.4 Å². The Labute approximate surface area is 111 Å². The standard InChI is InChI=1S/C11H10F3NO5/c1-2-19-10(16)6-20-9-4-3-7(11(12,13)14)5-8(9)15(17)18/h3-5H,2,6H2,1H3. The molecule has 0 unspecified atom stereocenters. The zero-order valence-electron chi connectivity index (χ0n) is 10.3. The lowest BCUT2D eigenvalue weighted by atomic mass is 10.2. The monoisotopic (exact) mass is 293 g/mol. The van der Waals surface area contributed by atoms with E-state index < -0.39 is 40.7 Å². The van der Waals surface area contributed by atoms with Crippen LogP contribution in [0.5, 0.6) is 5.75 Å². The fourth-order valence-corrected chi connectivity index (χ4v) is 1.30. The number of hydrogen-bond donors (Lipinski definition) is 0. The minimum absolute atomic E-state index is 0.0945. The summed E-state index contributed by atoms with van der Waals surface area (Å²) in [6, 6.07) is 1.77. The van der Waals surface area contributed by atoms with Gasteiger partial charge in [0.2, 0.25) is 0 Å². The summed E-state index contributed by atoms with van der Waals surface area (Å²) in [6.07, 6.45) is -4.70. The third kappa shape index (κ3) is 4.11. The van der Waals surface area contributed by atoms with Crippen LogP contribution in [0.15, 0.2) is 18.2 Å². The molecule has 110 valence electrons. The molecule has 6 nitrogen and oxygen atoms in total. The van der Waals surface area contributed by atoms with Gasteiger partial charge in [-0.1, -0.05) is 0 Å². The summed E-state index contributed by atoms with van der Waals surface area (Å²) in [5.74, 6) is -1.21. The molecule has 0 aromatic heterocycles. The van der Waals surface area contributed by atoms with Gasteiger partial charge >= 0.3 is 17.8 Å². The van der Waals surface area contributed by atoms with Crippen molar-refractivity contribution in [3.63, 3.8) is 0 Å². The maximum Gasteiger partial charge on any atom is 0.416 e. The lowest BCUT2D eigenvalue weighted by Gasteiger charge is -2.09. The molecule has 0 saturated carbocycles. The molecule has 1 rings (SSSR count). The van der Waals surface area contributed by atoms with E-state index in [0.717, 1.165) is 6.07 Å². The van der Waals surface area contributed by atoms with Gasteiger partial charge in [-0.25, -0.2) is 4.79 Å². The summed E-state index contributed by atoms with van der Waals surface area (Å²) in [4.78, 5) is 20.7. The van der Waals surface area contributed by atoms with E-state index in [1.807, 2.05) is 0 Å². The first-order chi connectivity index (χ1) is 9.25. The fourth-order valence-electron chi connectivity index (χ4n) is 1.30. The molecule has 0 aliphatic heterocycles. The average Bonchev–Trinajstić information content (AvgIpc) is 2.35. The molecule has 1 aromatic rings. The largest absolute Gasteiger partial charge is 0.475 e. The normalized spacial score (nSPS) is 11.0. The van der Waals surface area contributed by atoms with Gasteiger partial charge in [0.05, 0.1) is 17.1 Å². The van der Waals surface area contributed by atoms with Crippen molar-refractivity contribution in [2.45, 2.75) is 13.1 Å². The quantitative estimate of drug-likeness (QED) is 0.473. The molecule has 0 saturated heterocycles. The van der Waals surface area contributed by atoms with Gasteiger partial charge < -0.3 is 9.47 Å². The highest BCUT2D eigenvalue weighted by molar-refractivity contribution is 5.71. The molecule has 1 aromatic carbocycles. The van der Waals surface area contributed by atoms with Gasteiger partial charge in [-0.3, -0.25) is 10.1 Å². The number of carbonyl (C=O) groups excluding carboxylic acids is 1. The minimum atomic E-state index is -4.70. The van der Waals surface area contributed by atoms with Crippen LogP contribution >= 0.6 is 0 Å². The van der Waals surface area contributed by atoms with E-state index in [9.17, 15) is 28.1 Å². The molecule has 0 bridgehead atoms. The minimum Gasteiger partial charge on any atom is -0.475 e. The Bertz CT molecular complexity index is 515. The smallest absolute Gasteiger partial charge is 0.416 e. The highest BCUT2D eigenvalue weighted by Crippen LogP contribution is 2.35. The summed E-state index contributed by atoms with van der Waals surface area (Å²) in [5.41, 5.74) is -2.04. The molecular weight excluding hydrogens is 283 g/mol. The van der Waals surface area contributed by atoms with E-state index in [4.69, 9.17) is 4.74 Å². The second-order valence-corrected chi connectivity index (χ2v) is 3.53. The van der Waals surface area contributed by atoms with Crippen LogP contribution in [0.4, 0.5) is 18.9 Å². The Morgan fingerprint density at radius 2 is 2.05 bits per heavy atom. The average molecular weight is 293 g/mol. The Morgan fingerprint density at radius 3 is 2.55 bits per heavy atom. The Morgan fingerprint density at radius 1 is 1.40 bits per heavy atom. The topological polar surface area (TPSA) is 78.7 Å². The van der Waals surface area contributed by atoms with Crippen LogP contribution in [0.2, 0.25) is 0 Å². The van der Waals surface area contributed by atoms with Crippen molar-refractivity contribution >= 4 is 11.7 Å². The first-order valence-electron chi connectivity index (χ1n) is 5.39. The molecule has 0 heterocycles. The second kappa shape index (κ2) is 6.22. The number of nitro groups is 1. The van der Waals surface area contributed by atoms with Crippen LogP contribution in [0.25, 0.3) is 0 Å². The van der Waals surface area contributed by atoms with Gasteiger partial charge in [0.1, 0.15) is 0 Å². The van der Waals surface area contributed by atoms with Crippen LogP contribution in [0.3, 0.4) is 0 Å². The maximum atomic E-state index is 12.4. The van der Waals surface area contributed by atoms with E-state index >= 15 is 0 Å².